The number of nitrogens with zero attached hydrogens (tertiary/aromatic N) is 1. The molecule has 1 heterocycles. The van der Waals surface area contributed by atoms with Crippen LogP contribution in [0.5, 0.6) is 0 Å². The van der Waals surface area contributed by atoms with Gasteiger partial charge in [-0.15, -0.1) is 0 Å². The first kappa shape index (κ1) is 16.8. The van der Waals surface area contributed by atoms with Crippen molar-refractivity contribution in [1.82, 2.24) is 14.4 Å². The van der Waals surface area contributed by atoms with Crippen molar-refractivity contribution in [2.24, 2.45) is 0 Å². The van der Waals surface area contributed by atoms with Gasteiger partial charge in [0.1, 0.15) is 0 Å². The summed E-state index contributed by atoms with van der Waals surface area (Å²) in [6.45, 7) is 1.85. The molecular weight excluding hydrogens is 334 g/mol. The van der Waals surface area contributed by atoms with E-state index in [1.807, 2.05) is 0 Å². The predicted octanol–water partition coefficient (Wildman–Crippen LogP) is 0.323. The number of sulfonamides is 2. The number of hydrogen-bond donors (Lipinski definition) is 2. The molecule has 0 atom stereocenters. The second-order valence-electron chi connectivity index (χ2n) is 3.76. The summed E-state index contributed by atoms with van der Waals surface area (Å²) in [5.41, 5.74) is 0.344. The molecule has 110 valence electrons. The Labute approximate surface area is 121 Å². The zero-order chi connectivity index (χ0) is 14.7. The zero-order valence-corrected chi connectivity index (χ0v) is 13.5. The van der Waals surface area contributed by atoms with E-state index in [2.05, 4.69) is 14.4 Å². The fourth-order valence-electron chi connectivity index (χ4n) is 1.22. The third-order valence-corrected chi connectivity index (χ3v) is 6.04. The average molecular weight is 348 g/mol. The van der Waals surface area contributed by atoms with Crippen LogP contribution >= 0.6 is 22.9 Å². The normalized spacial score (nSPS) is 12.8. The Morgan fingerprint density at radius 1 is 1.21 bits per heavy atom. The van der Waals surface area contributed by atoms with Crippen molar-refractivity contribution in [2.75, 3.05) is 19.3 Å². The Morgan fingerprint density at radius 3 is 2.26 bits per heavy atom. The van der Waals surface area contributed by atoms with Gasteiger partial charge in [0.2, 0.25) is 10.0 Å². The molecule has 0 aliphatic rings. The van der Waals surface area contributed by atoms with Gasteiger partial charge in [-0.25, -0.2) is 31.3 Å². The van der Waals surface area contributed by atoms with Gasteiger partial charge in [0.15, 0.2) is 8.68 Å². The van der Waals surface area contributed by atoms with Crippen molar-refractivity contribution in [3.63, 3.8) is 0 Å². The monoisotopic (exact) mass is 347 g/mol. The SMILES string of the molecule is Cc1nc(Cl)sc1S(=O)(=O)NCCCNS(C)(=O)=O. The van der Waals surface area contributed by atoms with Gasteiger partial charge in [-0.1, -0.05) is 22.9 Å². The maximum atomic E-state index is 11.9. The summed E-state index contributed by atoms with van der Waals surface area (Å²) >= 11 is 6.53. The van der Waals surface area contributed by atoms with E-state index in [0.717, 1.165) is 17.6 Å². The molecule has 0 bridgehead atoms. The molecule has 1 rings (SSSR count). The topological polar surface area (TPSA) is 105 Å². The molecule has 0 saturated heterocycles. The lowest BCUT2D eigenvalue weighted by Crippen LogP contribution is -2.29. The van der Waals surface area contributed by atoms with Crippen LogP contribution in [-0.4, -0.2) is 41.2 Å². The molecule has 0 saturated carbocycles. The molecule has 0 spiro atoms. The lowest BCUT2D eigenvalue weighted by molar-refractivity contribution is 0.576. The molecule has 0 aromatic carbocycles. The van der Waals surface area contributed by atoms with Crippen molar-refractivity contribution < 1.29 is 16.8 Å². The Bertz CT molecular complexity index is 638. The standard InChI is InChI=1S/C8H14ClN3O4S3/c1-6-7(17-8(9)12-6)19(15,16)11-5-3-4-10-18(2,13)14/h10-11H,3-5H2,1-2H3. The minimum Gasteiger partial charge on any atom is -0.229 e. The van der Waals surface area contributed by atoms with Crippen LogP contribution in [0, 0.1) is 6.92 Å². The third kappa shape index (κ3) is 5.71. The smallest absolute Gasteiger partial charge is 0.229 e. The highest BCUT2D eigenvalue weighted by atomic mass is 35.5. The van der Waals surface area contributed by atoms with E-state index in [9.17, 15) is 16.8 Å². The maximum Gasteiger partial charge on any atom is 0.251 e. The number of hydrogen-bond acceptors (Lipinski definition) is 6. The molecule has 1 aromatic rings. The number of halogens is 1. The fraction of sp³-hybridized carbons (Fsp3) is 0.625. The first-order chi connectivity index (χ1) is 8.62. The molecule has 0 fully saturated rings. The molecule has 0 aliphatic carbocycles. The Morgan fingerprint density at radius 2 is 1.79 bits per heavy atom. The minimum atomic E-state index is -3.64. The van der Waals surface area contributed by atoms with Crippen LogP contribution < -0.4 is 9.44 Å². The summed E-state index contributed by atoms with van der Waals surface area (Å²) in [7, 11) is -6.89. The first-order valence-corrected chi connectivity index (χ1v) is 9.76. The van der Waals surface area contributed by atoms with E-state index in [0.29, 0.717) is 12.1 Å². The number of aromatic nitrogens is 1. The third-order valence-electron chi connectivity index (χ3n) is 1.98. The highest BCUT2D eigenvalue weighted by Crippen LogP contribution is 2.26. The number of nitrogens with one attached hydrogen (secondary N) is 2. The van der Waals surface area contributed by atoms with Crippen LogP contribution in [-0.2, 0) is 20.0 Å². The van der Waals surface area contributed by atoms with Crippen LogP contribution in [0.25, 0.3) is 0 Å². The highest BCUT2D eigenvalue weighted by molar-refractivity contribution is 7.91. The van der Waals surface area contributed by atoms with E-state index < -0.39 is 20.0 Å². The van der Waals surface area contributed by atoms with Gasteiger partial charge in [-0.05, 0) is 13.3 Å². The fourth-order valence-corrected chi connectivity index (χ4v) is 4.59. The predicted molar refractivity (Wildman–Crippen MR) is 74.5 cm³/mol. The second kappa shape index (κ2) is 6.46. The van der Waals surface area contributed by atoms with Crippen LogP contribution in [0.2, 0.25) is 4.47 Å². The molecule has 1 aromatic heterocycles. The highest BCUT2D eigenvalue weighted by Gasteiger charge is 2.20. The lowest BCUT2D eigenvalue weighted by atomic mass is 10.4. The maximum absolute atomic E-state index is 11.9. The average Bonchev–Trinajstić information content (AvgIpc) is 2.56. The van der Waals surface area contributed by atoms with Crippen molar-refractivity contribution in [3.05, 3.63) is 10.2 Å². The van der Waals surface area contributed by atoms with Crippen LogP contribution in [0.4, 0.5) is 0 Å². The molecule has 0 radical (unpaired) electrons. The molecule has 0 aliphatic heterocycles. The molecule has 7 nitrogen and oxygen atoms in total. The van der Waals surface area contributed by atoms with E-state index in [1.165, 1.54) is 0 Å². The van der Waals surface area contributed by atoms with Crippen molar-refractivity contribution >= 4 is 43.0 Å². The summed E-state index contributed by atoms with van der Waals surface area (Å²) < 4.78 is 50.2. The van der Waals surface area contributed by atoms with Crippen molar-refractivity contribution in [1.29, 1.82) is 0 Å². The zero-order valence-electron chi connectivity index (χ0n) is 10.3. The molecule has 11 heteroatoms. The first-order valence-electron chi connectivity index (χ1n) is 5.19. The van der Waals surface area contributed by atoms with Crippen molar-refractivity contribution in [2.45, 2.75) is 17.6 Å². The van der Waals surface area contributed by atoms with Gasteiger partial charge in [-0.2, -0.15) is 0 Å². The minimum absolute atomic E-state index is 0.0774. The van der Waals surface area contributed by atoms with E-state index in [-0.39, 0.29) is 21.8 Å². The lowest BCUT2D eigenvalue weighted by Gasteiger charge is -2.05. The summed E-state index contributed by atoms with van der Waals surface area (Å²) in [6.07, 6.45) is 1.39. The quantitative estimate of drug-likeness (QED) is 0.691. The summed E-state index contributed by atoms with van der Waals surface area (Å²) in [6, 6.07) is 0. The van der Waals surface area contributed by atoms with E-state index in [4.69, 9.17) is 11.6 Å². The van der Waals surface area contributed by atoms with E-state index in [1.54, 1.807) is 6.92 Å². The van der Waals surface area contributed by atoms with Gasteiger partial charge in [0.25, 0.3) is 10.0 Å². The van der Waals surface area contributed by atoms with E-state index >= 15 is 0 Å². The van der Waals surface area contributed by atoms with Gasteiger partial charge in [-0.3, -0.25) is 0 Å². The molecule has 0 unspecified atom stereocenters. The second-order valence-corrected chi connectivity index (χ2v) is 9.13. The number of rotatable bonds is 7. The molecule has 19 heavy (non-hydrogen) atoms. The van der Waals surface area contributed by atoms with Gasteiger partial charge in [0.05, 0.1) is 11.9 Å². The van der Waals surface area contributed by atoms with Crippen LogP contribution in [0.15, 0.2) is 4.21 Å². The summed E-state index contributed by atoms with van der Waals surface area (Å²) in [4.78, 5) is 3.83. The van der Waals surface area contributed by atoms with Crippen LogP contribution in [0.3, 0.4) is 0 Å². The summed E-state index contributed by atoms with van der Waals surface area (Å²) in [5, 5.41) is 0. The Balaban J connectivity index is 2.51. The van der Waals surface area contributed by atoms with Crippen LogP contribution in [0.1, 0.15) is 12.1 Å². The molecule has 2 N–H and O–H groups in total. The summed E-state index contributed by atoms with van der Waals surface area (Å²) in [5.74, 6) is 0. The molecule has 0 amide bonds. The Hall–Kier alpha value is -0.260. The Kier molecular flexibility index (Phi) is 5.71. The van der Waals surface area contributed by atoms with Crippen molar-refractivity contribution in [3.8, 4) is 0 Å². The van der Waals surface area contributed by atoms with Gasteiger partial charge >= 0.3 is 0 Å². The molecular formula is C8H14ClN3O4S3. The number of aryl methyl sites for hydroxylation is 1. The van der Waals surface area contributed by atoms with Gasteiger partial charge < -0.3 is 0 Å². The van der Waals surface area contributed by atoms with Gasteiger partial charge in [0, 0.05) is 13.1 Å². The largest absolute Gasteiger partial charge is 0.251 e. The number of thiazole rings is 1.